The van der Waals surface area contributed by atoms with Gasteiger partial charge in [0.05, 0.1) is 4.92 Å². The Morgan fingerprint density at radius 3 is 2.50 bits per heavy atom. The van der Waals surface area contributed by atoms with Gasteiger partial charge in [0.2, 0.25) is 0 Å². The number of nitrogens with one attached hydrogen (secondary N) is 1. The maximum atomic E-state index is 12.2. The van der Waals surface area contributed by atoms with Crippen molar-refractivity contribution < 1.29 is 9.72 Å². The first kappa shape index (κ1) is 14.5. The fourth-order valence-electron chi connectivity index (χ4n) is 2.48. The lowest BCUT2D eigenvalue weighted by atomic mass is 9.97. The molecule has 1 saturated heterocycles. The number of rotatable bonds is 4. The lowest BCUT2D eigenvalue weighted by Crippen LogP contribution is -2.37. The van der Waals surface area contributed by atoms with Crippen LogP contribution in [-0.2, 0) is 0 Å². The highest BCUT2D eigenvalue weighted by molar-refractivity contribution is 5.94. The molecule has 0 unspecified atom stereocenters. The summed E-state index contributed by atoms with van der Waals surface area (Å²) in [6.07, 6.45) is 2.16. The van der Waals surface area contributed by atoms with Crippen LogP contribution in [0.1, 0.15) is 23.2 Å². The van der Waals surface area contributed by atoms with Crippen LogP contribution in [0.15, 0.2) is 24.3 Å². The molecule has 0 aliphatic carbocycles. The number of benzene rings is 1. The van der Waals surface area contributed by atoms with Gasteiger partial charge in [-0.2, -0.15) is 0 Å². The fourth-order valence-corrected chi connectivity index (χ4v) is 2.48. The molecule has 1 aliphatic rings. The summed E-state index contributed by atoms with van der Waals surface area (Å²) in [5.41, 5.74) is 0.495. The molecular weight excluding hydrogens is 258 g/mol. The van der Waals surface area contributed by atoms with E-state index in [1.54, 1.807) is 11.9 Å². The number of amides is 1. The lowest BCUT2D eigenvalue weighted by Gasteiger charge is -2.27. The van der Waals surface area contributed by atoms with Crippen molar-refractivity contribution in [1.29, 1.82) is 0 Å². The first-order chi connectivity index (χ1) is 9.58. The van der Waals surface area contributed by atoms with Gasteiger partial charge in [-0.05, 0) is 44.0 Å². The Balaban J connectivity index is 1.96. The molecule has 2 rings (SSSR count). The average molecular weight is 277 g/mol. The Bertz CT molecular complexity index is 481. The number of carbonyl (C=O) groups is 1. The summed E-state index contributed by atoms with van der Waals surface area (Å²) in [5, 5.41) is 13.9. The predicted octanol–water partition coefficient (Wildman–Crippen LogP) is 1.67. The molecule has 6 heteroatoms. The van der Waals surface area contributed by atoms with Crippen LogP contribution >= 0.6 is 0 Å². The molecule has 20 heavy (non-hydrogen) atoms. The number of hydrogen-bond acceptors (Lipinski definition) is 4. The highest BCUT2D eigenvalue weighted by Gasteiger charge is 2.19. The van der Waals surface area contributed by atoms with Crippen molar-refractivity contribution in [2.24, 2.45) is 5.92 Å². The van der Waals surface area contributed by atoms with Gasteiger partial charge < -0.3 is 10.2 Å². The van der Waals surface area contributed by atoms with Gasteiger partial charge in [-0.1, -0.05) is 0 Å². The van der Waals surface area contributed by atoms with Crippen molar-refractivity contribution in [3.8, 4) is 0 Å². The van der Waals surface area contributed by atoms with E-state index in [1.807, 2.05) is 0 Å². The summed E-state index contributed by atoms with van der Waals surface area (Å²) in [5.74, 6) is 0.446. The van der Waals surface area contributed by atoms with E-state index in [2.05, 4.69) is 5.32 Å². The molecule has 0 saturated carbocycles. The summed E-state index contributed by atoms with van der Waals surface area (Å²) in [7, 11) is 1.78. The first-order valence-corrected chi connectivity index (χ1v) is 6.78. The second-order valence-electron chi connectivity index (χ2n) is 5.18. The van der Waals surface area contributed by atoms with Crippen molar-refractivity contribution in [3.63, 3.8) is 0 Å². The molecule has 108 valence electrons. The molecule has 0 radical (unpaired) electrons. The van der Waals surface area contributed by atoms with Crippen molar-refractivity contribution in [1.82, 2.24) is 10.2 Å². The van der Waals surface area contributed by atoms with Gasteiger partial charge >= 0.3 is 0 Å². The van der Waals surface area contributed by atoms with E-state index in [0.717, 1.165) is 32.5 Å². The Morgan fingerprint density at radius 2 is 1.95 bits per heavy atom. The van der Waals surface area contributed by atoms with E-state index < -0.39 is 4.92 Å². The normalized spacial score (nSPS) is 15.8. The molecule has 0 spiro atoms. The number of carbonyl (C=O) groups excluding carboxylic acids is 1. The maximum Gasteiger partial charge on any atom is 0.269 e. The van der Waals surface area contributed by atoms with Crippen molar-refractivity contribution in [2.45, 2.75) is 12.8 Å². The van der Waals surface area contributed by atoms with Crippen LogP contribution < -0.4 is 5.32 Å². The first-order valence-electron chi connectivity index (χ1n) is 6.78. The minimum atomic E-state index is -0.465. The summed E-state index contributed by atoms with van der Waals surface area (Å²) < 4.78 is 0. The third kappa shape index (κ3) is 3.54. The fraction of sp³-hybridized carbons (Fsp3) is 0.500. The molecule has 1 heterocycles. The van der Waals surface area contributed by atoms with Crippen LogP contribution in [0.2, 0.25) is 0 Å². The van der Waals surface area contributed by atoms with E-state index in [4.69, 9.17) is 0 Å². The zero-order chi connectivity index (χ0) is 14.5. The second kappa shape index (κ2) is 6.47. The van der Waals surface area contributed by atoms with Gasteiger partial charge in [0.15, 0.2) is 0 Å². The van der Waals surface area contributed by atoms with E-state index in [0.29, 0.717) is 11.5 Å². The highest BCUT2D eigenvalue weighted by atomic mass is 16.6. The Hall–Kier alpha value is -1.95. The highest BCUT2D eigenvalue weighted by Crippen LogP contribution is 2.16. The quantitative estimate of drug-likeness (QED) is 0.671. The molecule has 0 bridgehead atoms. The summed E-state index contributed by atoms with van der Waals surface area (Å²) in [4.78, 5) is 24.1. The largest absolute Gasteiger partial charge is 0.341 e. The zero-order valence-electron chi connectivity index (χ0n) is 11.5. The van der Waals surface area contributed by atoms with Gasteiger partial charge in [-0.15, -0.1) is 0 Å². The van der Waals surface area contributed by atoms with Crippen LogP contribution in [0.25, 0.3) is 0 Å². The number of hydrogen-bond donors (Lipinski definition) is 1. The number of non-ortho nitro benzene ring substituents is 1. The summed E-state index contributed by atoms with van der Waals surface area (Å²) in [6, 6.07) is 5.76. The molecule has 1 N–H and O–H groups in total. The number of nitro benzene ring substituents is 1. The molecule has 0 aromatic heterocycles. The average Bonchev–Trinajstić information content (AvgIpc) is 2.47. The van der Waals surface area contributed by atoms with Crippen LogP contribution in [0.5, 0.6) is 0 Å². The Morgan fingerprint density at radius 1 is 1.35 bits per heavy atom. The van der Waals surface area contributed by atoms with Crippen molar-refractivity contribution >= 4 is 11.6 Å². The van der Waals surface area contributed by atoms with Crippen molar-refractivity contribution in [2.75, 3.05) is 26.7 Å². The van der Waals surface area contributed by atoms with Gasteiger partial charge in [-0.25, -0.2) is 0 Å². The third-order valence-corrected chi connectivity index (χ3v) is 3.66. The van der Waals surface area contributed by atoms with Crippen LogP contribution in [0, 0.1) is 16.0 Å². The molecule has 6 nitrogen and oxygen atoms in total. The summed E-state index contributed by atoms with van der Waals surface area (Å²) in [6.45, 7) is 2.74. The Labute approximate surface area is 117 Å². The maximum absolute atomic E-state index is 12.2. The SMILES string of the molecule is CN(CC1CCNCC1)C(=O)c1ccc([N+](=O)[O-])cc1. The topological polar surface area (TPSA) is 75.5 Å². The smallest absolute Gasteiger partial charge is 0.269 e. The Kier molecular flexibility index (Phi) is 4.68. The minimum absolute atomic E-state index is 0.00237. The molecule has 1 aliphatic heterocycles. The standard InChI is InChI=1S/C14H19N3O3/c1-16(10-11-6-8-15-9-7-11)14(18)12-2-4-13(5-3-12)17(19)20/h2-5,11,15H,6-10H2,1H3. The molecule has 1 aromatic rings. The van der Waals surface area contributed by atoms with Gasteiger partial charge in [0.25, 0.3) is 11.6 Å². The van der Waals surface area contributed by atoms with E-state index in [-0.39, 0.29) is 11.6 Å². The minimum Gasteiger partial charge on any atom is -0.341 e. The lowest BCUT2D eigenvalue weighted by molar-refractivity contribution is -0.384. The van der Waals surface area contributed by atoms with Crippen LogP contribution in [-0.4, -0.2) is 42.4 Å². The molecular formula is C14H19N3O3. The van der Waals surface area contributed by atoms with E-state index in [9.17, 15) is 14.9 Å². The van der Waals surface area contributed by atoms with Crippen LogP contribution in [0.3, 0.4) is 0 Å². The van der Waals surface area contributed by atoms with Crippen LogP contribution in [0.4, 0.5) is 5.69 Å². The number of piperidine rings is 1. The monoisotopic (exact) mass is 277 g/mol. The van der Waals surface area contributed by atoms with Gasteiger partial charge in [0, 0.05) is 31.3 Å². The van der Waals surface area contributed by atoms with Gasteiger partial charge in [-0.3, -0.25) is 14.9 Å². The van der Waals surface area contributed by atoms with Crippen molar-refractivity contribution in [3.05, 3.63) is 39.9 Å². The third-order valence-electron chi connectivity index (χ3n) is 3.66. The van der Waals surface area contributed by atoms with E-state index >= 15 is 0 Å². The van der Waals surface area contributed by atoms with Gasteiger partial charge in [0.1, 0.15) is 0 Å². The predicted molar refractivity (Wildman–Crippen MR) is 75.7 cm³/mol. The zero-order valence-corrected chi connectivity index (χ0v) is 11.5. The number of nitro groups is 1. The molecule has 0 atom stereocenters. The second-order valence-corrected chi connectivity index (χ2v) is 5.18. The molecule has 1 aromatic carbocycles. The molecule has 1 fully saturated rings. The van der Waals surface area contributed by atoms with E-state index in [1.165, 1.54) is 24.3 Å². The summed E-state index contributed by atoms with van der Waals surface area (Å²) >= 11 is 0. The number of nitrogens with zero attached hydrogens (tertiary/aromatic N) is 2. The molecule has 1 amide bonds.